The number of hydrogen-bond acceptors (Lipinski definition) is 3. The van der Waals surface area contributed by atoms with Gasteiger partial charge in [-0.1, -0.05) is 42.5 Å². The predicted octanol–water partition coefficient (Wildman–Crippen LogP) is 3.20. The van der Waals surface area contributed by atoms with Crippen LogP contribution in [0.25, 0.3) is 0 Å². The van der Waals surface area contributed by atoms with Crippen molar-refractivity contribution in [2.45, 2.75) is 37.3 Å². The van der Waals surface area contributed by atoms with Crippen molar-refractivity contribution in [3.8, 4) is 0 Å². The number of carbonyl (C=O) groups excluding carboxylic acids is 1. The van der Waals surface area contributed by atoms with E-state index in [1.807, 2.05) is 44.4 Å². The fourth-order valence-corrected chi connectivity index (χ4v) is 4.25. The first-order valence-electron chi connectivity index (χ1n) is 9.87. The van der Waals surface area contributed by atoms with E-state index in [4.69, 9.17) is 0 Å². The van der Waals surface area contributed by atoms with E-state index in [-0.39, 0.29) is 11.7 Å². The number of halogens is 1. The smallest absolute Gasteiger partial charge is 0.222 e. The van der Waals surface area contributed by atoms with Crippen LogP contribution in [0.3, 0.4) is 0 Å². The molecule has 1 amide bonds. The lowest BCUT2D eigenvalue weighted by Crippen LogP contribution is -2.60. The van der Waals surface area contributed by atoms with Gasteiger partial charge in [0, 0.05) is 19.5 Å². The number of benzene rings is 2. The zero-order chi connectivity index (χ0) is 20.1. The first kappa shape index (κ1) is 20.5. The summed E-state index contributed by atoms with van der Waals surface area (Å²) in [6, 6.07) is 16.4. The van der Waals surface area contributed by atoms with Crippen LogP contribution in [0, 0.1) is 5.82 Å². The van der Waals surface area contributed by atoms with Gasteiger partial charge in [0.2, 0.25) is 5.91 Å². The number of aliphatic hydroxyl groups excluding tert-OH is 1. The molecule has 1 saturated heterocycles. The minimum Gasteiger partial charge on any atom is -0.389 e. The summed E-state index contributed by atoms with van der Waals surface area (Å²) in [6.45, 7) is 0.960. The monoisotopic (exact) mass is 384 g/mol. The second-order valence-corrected chi connectivity index (χ2v) is 7.77. The number of β-amino-alcohol motifs (C(OH)–C–C–N with tert-alkyl or cyclic N) is 1. The minimum atomic E-state index is -0.653. The maximum Gasteiger partial charge on any atom is 0.222 e. The maximum atomic E-state index is 13.0. The van der Waals surface area contributed by atoms with Crippen molar-refractivity contribution in [2.75, 3.05) is 27.2 Å². The first-order valence-corrected chi connectivity index (χ1v) is 9.87. The largest absolute Gasteiger partial charge is 0.389 e. The highest BCUT2D eigenvalue weighted by atomic mass is 19.1. The average Bonchev–Trinajstić information content (AvgIpc) is 2.70. The Kier molecular flexibility index (Phi) is 6.47. The highest BCUT2D eigenvalue weighted by Gasteiger charge is 2.46. The van der Waals surface area contributed by atoms with Crippen molar-refractivity contribution >= 4 is 5.91 Å². The van der Waals surface area contributed by atoms with E-state index in [1.165, 1.54) is 12.1 Å². The van der Waals surface area contributed by atoms with Crippen molar-refractivity contribution in [1.82, 2.24) is 9.80 Å². The number of likely N-dealkylation sites (tertiary alicyclic amines) is 1. The Morgan fingerprint density at radius 1 is 1.18 bits per heavy atom. The summed E-state index contributed by atoms with van der Waals surface area (Å²) < 4.78 is 13.0. The Morgan fingerprint density at radius 2 is 1.86 bits per heavy atom. The molecule has 150 valence electrons. The molecule has 0 unspecified atom stereocenters. The molecule has 0 saturated carbocycles. The van der Waals surface area contributed by atoms with Gasteiger partial charge in [0.1, 0.15) is 5.82 Å². The lowest BCUT2D eigenvalue weighted by atomic mass is 9.77. The van der Waals surface area contributed by atoms with Gasteiger partial charge in [0.15, 0.2) is 0 Å². The lowest BCUT2D eigenvalue weighted by Gasteiger charge is -2.49. The zero-order valence-electron chi connectivity index (χ0n) is 16.6. The van der Waals surface area contributed by atoms with Gasteiger partial charge in [0.25, 0.3) is 0 Å². The highest BCUT2D eigenvalue weighted by Crippen LogP contribution is 2.37. The fraction of sp³-hybridized carbons (Fsp3) is 0.435. The number of nitrogens with zero attached hydrogens (tertiary/aromatic N) is 2. The average molecular weight is 384 g/mol. The molecule has 1 fully saturated rings. The standard InChI is InChI=1S/C23H29FN2O2/c1-25(2)23(19-8-4-3-5-9-19)15-16-26(17-21(23)27)22(28)10-6-7-18-11-13-20(24)14-12-18/h3-5,8-9,11-14,21,27H,6-7,10,15-17H2,1-2H3/t21-,23+/m1/s1. The van der Waals surface area contributed by atoms with Crippen molar-refractivity contribution in [2.24, 2.45) is 0 Å². The molecule has 28 heavy (non-hydrogen) atoms. The SMILES string of the molecule is CN(C)[C@]1(c2ccccc2)CCN(C(=O)CCCc2ccc(F)cc2)C[C@H]1O. The number of rotatable bonds is 6. The summed E-state index contributed by atoms with van der Waals surface area (Å²) in [5.41, 5.74) is 1.63. The second-order valence-electron chi connectivity index (χ2n) is 7.77. The van der Waals surface area contributed by atoms with E-state index in [2.05, 4.69) is 4.90 Å². The van der Waals surface area contributed by atoms with Gasteiger partial charge in [-0.05, 0) is 56.6 Å². The van der Waals surface area contributed by atoms with E-state index in [1.54, 1.807) is 17.0 Å². The predicted molar refractivity (Wildman–Crippen MR) is 108 cm³/mol. The van der Waals surface area contributed by atoms with Crippen LogP contribution < -0.4 is 0 Å². The molecule has 1 heterocycles. The summed E-state index contributed by atoms with van der Waals surface area (Å²) in [7, 11) is 3.97. The summed E-state index contributed by atoms with van der Waals surface area (Å²) in [5, 5.41) is 11.0. The summed E-state index contributed by atoms with van der Waals surface area (Å²) in [5.74, 6) is -0.175. The molecule has 0 spiro atoms. The van der Waals surface area contributed by atoms with Gasteiger partial charge < -0.3 is 10.0 Å². The summed E-state index contributed by atoms with van der Waals surface area (Å²) in [4.78, 5) is 16.5. The van der Waals surface area contributed by atoms with Crippen LogP contribution in [-0.4, -0.2) is 54.1 Å². The Hall–Kier alpha value is -2.24. The molecule has 4 nitrogen and oxygen atoms in total. The molecule has 0 bridgehead atoms. The number of aryl methyl sites for hydroxylation is 1. The molecule has 0 aliphatic carbocycles. The van der Waals surface area contributed by atoms with Crippen LogP contribution in [-0.2, 0) is 16.8 Å². The number of amides is 1. The van der Waals surface area contributed by atoms with Crippen LogP contribution in [0.2, 0.25) is 0 Å². The molecule has 1 aliphatic rings. The molecule has 2 atom stereocenters. The molecule has 1 aliphatic heterocycles. The molecule has 2 aromatic rings. The Morgan fingerprint density at radius 3 is 2.46 bits per heavy atom. The summed E-state index contributed by atoms with van der Waals surface area (Å²) in [6.07, 6.45) is 1.93. The van der Waals surface area contributed by atoms with Gasteiger partial charge in [-0.15, -0.1) is 0 Å². The fourth-order valence-electron chi connectivity index (χ4n) is 4.25. The summed E-state index contributed by atoms with van der Waals surface area (Å²) >= 11 is 0. The highest BCUT2D eigenvalue weighted by molar-refractivity contribution is 5.76. The molecule has 0 radical (unpaired) electrons. The number of carbonyl (C=O) groups is 1. The lowest BCUT2D eigenvalue weighted by molar-refractivity contribution is -0.140. The third-order valence-electron chi connectivity index (χ3n) is 5.90. The van der Waals surface area contributed by atoms with Gasteiger partial charge in [-0.25, -0.2) is 4.39 Å². The van der Waals surface area contributed by atoms with E-state index < -0.39 is 11.6 Å². The molecule has 0 aromatic heterocycles. The Labute approximate surface area is 166 Å². The molecule has 5 heteroatoms. The number of aliphatic hydroxyl groups is 1. The van der Waals surface area contributed by atoms with Gasteiger partial charge in [-0.2, -0.15) is 0 Å². The molecular weight excluding hydrogens is 355 g/mol. The minimum absolute atomic E-state index is 0.0709. The Bertz CT molecular complexity index is 779. The van der Waals surface area contributed by atoms with Crippen molar-refractivity contribution in [1.29, 1.82) is 0 Å². The van der Waals surface area contributed by atoms with E-state index >= 15 is 0 Å². The quantitative estimate of drug-likeness (QED) is 0.832. The maximum absolute atomic E-state index is 13.0. The van der Waals surface area contributed by atoms with Gasteiger partial charge in [0.05, 0.1) is 11.6 Å². The second kappa shape index (κ2) is 8.84. The van der Waals surface area contributed by atoms with E-state index in [9.17, 15) is 14.3 Å². The van der Waals surface area contributed by atoms with Crippen molar-refractivity contribution < 1.29 is 14.3 Å². The van der Waals surface area contributed by atoms with Crippen LogP contribution >= 0.6 is 0 Å². The first-order chi connectivity index (χ1) is 13.4. The van der Waals surface area contributed by atoms with Crippen LogP contribution in [0.4, 0.5) is 4.39 Å². The zero-order valence-corrected chi connectivity index (χ0v) is 16.6. The molecule has 3 rings (SSSR count). The molecule has 2 aromatic carbocycles. The van der Waals surface area contributed by atoms with E-state index in [0.717, 1.165) is 17.5 Å². The third kappa shape index (κ3) is 4.26. The van der Waals surface area contributed by atoms with E-state index in [0.29, 0.717) is 32.4 Å². The van der Waals surface area contributed by atoms with Crippen molar-refractivity contribution in [3.05, 3.63) is 71.5 Å². The molecular formula is C23H29FN2O2. The van der Waals surface area contributed by atoms with Gasteiger partial charge >= 0.3 is 0 Å². The molecule has 1 N–H and O–H groups in total. The van der Waals surface area contributed by atoms with Crippen LogP contribution in [0.15, 0.2) is 54.6 Å². The number of hydrogen-bond donors (Lipinski definition) is 1. The topological polar surface area (TPSA) is 43.8 Å². The normalized spacial score (nSPS) is 22.5. The van der Waals surface area contributed by atoms with Gasteiger partial charge in [-0.3, -0.25) is 9.69 Å². The Balaban J connectivity index is 1.59. The number of piperidine rings is 1. The van der Waals surface area contributed by atoms with Crippen LogP contribution in [0.5, 0.6) is 0 Å². The van der Waals surface area contributed by atoms with Crippen molar-refractivity contribution in [3.63, 3.8) is 0 Å². The third-order valence-corrected chi connectivity index (χ3v) is 5.90. The number of likely N-dealkylation sites (N-methyl/N-ethyl adjacent to an activating group) is 1. The van der Waals surface area contributed by atoms with Crippen LogP contribution in [0.1, 0.15) is 30.4 Å².